The number of aryl methyl sites for hydroxylation is 1. The fraction of sp³-hybridized carbons (Fsp3) is 0.353. The minimum atomic E-state index is -0.165. The van der Waals surface area contributed by atoms with E-state index in [1.54, 1.807) is 6.07 Å². The second-order valence-electron chi connectivity index (χ2n) is 5.53. The van der Waals surface area contributed by atoms with Crippen molar-refractivity contribution in [2.45, 2.75) is 25.8 Å². The summed E-state index contributed by atoms with van der Waals surface area (Å²) >= 11 is 0. The molecular weight excluding hydrogens is 265 g/mol. The van der Waals surface area contributed by atoms with Crippen LogP contribution in [0.15, 0.2) is 42.6 Å². The Morgan fingerprint density at radius 1 is 1.14 bits per heavy atom. The number of rotatable bonds is 3. The van der Waals surface area contributed by atoms with E-state index in [-0.39, 0.29) is 5.82 Å². The van der Waals surface area contributed by atoms with Gasteiger partial charge in [0.05, 0.1) is 5.69 Å². The number of pyridine rings is 1. The van der Waals surface area contributed by atoms with E-state index in [1.807, 2.05) is 37.4 Å². The van der Waals surface area contributed by atoms with Crippen molar-refractivity contribution in [3.05, 3.63) is 54.0 Å². The molecule has 2 heterocycles. The van der Waals surface area contributed by atoms with Gasteiger partial charge in [0.1, 0.15) is 11.6 Å². The molecule has 1 fully saturated rings. The topological polar surface area (TPSA) is 28.2 Å². The third-order valence-corrected chi connectivity index (χ3v) is 4.04. The van der Waals surface area contributed by atoms with Gasteiger partial charge in [-0.05, 0) is 43.5 Å². The lowest BCUT2D eigenvalue weighted by Gasteiger charge is -2.34. The molecule has 3 rings (SSSR count). The average molecular weight is 285 g/mol. The highest BCUT2D eigenvalue weighted by Crippen LogP contribution is 2.24. The number of para-hydroxylation sites is 1. The van der Waals surface area contributed by atoms with E-state index in [9.17, 15) is 4.39 Å². The molecule has 1 aliphatic rings. The van der Waals surface area contributed by atoms with Crippen molar-refractivity contribution < 1.29 is 4.39 Å². The molecule has 0 amide bonds. The number of anilines is 2. The molecule has 1 saturated heterocycles. The summed E-state index contributed by atoms with van der Waals surface area (Å²) < 4.78 is 13.9. The SMILES string of the molecule is Cc1cccc(F)c1NC1CCN(c2ccccn2)CC1. The van der Waals surface area contributed by atoms with Crippen molar-refractivity contribution in [3.8, 4) is 0 Å². The van der Waals surface area contributed by atoms with E-state index < -0.39 is 0 Å². The first-order chi connectivity index (χ1) is 10.2. The molecule has 1 aromatic carbocycles. The van der Waals surface area contributed by atoms with Gasteiger partial charge in [0.2, 0.25) is 0 Å². The third kappa shape index (κ3) is 3.15. The maximum absolute atomic E-state index is 13.9. The minimum absolute atomic E-state index is 0.165. The Bertz CT molecular complexity index is 572. The van der Waals surface area contributed by atoms with Gasteiger partial charge in [0.25, 0.3) is 0 Å². The van der Waals surface area contributed by atoms with Crippen molar-refractivity contribution in [2.75, 3.05) is 23.3 Å². The Morgan fingerprint density at radius 2 is 1.95 bits per heavy atom. The van der Waals surface area contributed by atoms with E-state index in [1.165, 1.54) is 6.07 Å². The zero-order valence-corrected chi connectivity index (χ0v) is 12.2. The van der Waals surface area contributed by atoms with Gasteiger partial charge in [-0.25, -0.2) is 9.37 Å². The smallest absolute Gasteiger partial charge is 0.146 e. The van der Waals surface area contributed by atoms with Crippen LogP contribution < -0.4 is 10.2 Å². The van der Waals surface area contributed by atoms with Gasteiger partial charge in [-0.3, -0.25) is 0 Å². The summed E-state index contributed by atoms with van der Waals surface area (Å²) in [5.41, 5.74) is 1.61. The van der Waals surface area contributed by atoms with Crippen LogP contribution in [0.5, 0.6) is 0 Å². The van der Waals surface area contributed by atoms with Crippen LogP contribution in [0.4, 0.5) is 15.9 Å². The molecule has 0 aliphatic carbocycles. The lowest BCUT2D eigenvalue weighted by molar-refractivity contribution is 0.519. The highest BCUT2D eigenvalue weighted by Gasteiger charge is 2.21. The number of hydrogen-bond donors (Lipinski definition) is 1. The summed E-state index contributed by atoms with van der Waals surface area (Å²) in [6, 6.07) is 11.5. The van der Waals surface area contributed by atoms with Crippen molar-refractivity contribution in [2.24, 2.45) is 0 Å². The van der Waals surface area contributed by atoms with Crippen LogP contribution in [-0.2, 0) is 0 Å². The number of benzene rings is 1. The number of aromatic nitrogens is 1. The highest BCUT2D eigenvalue weighted by atomic mass is 19.1. The van der Waals surface area contributed by atoms with Crippen LogP contribution in [0.25, 0.3) is 0 Å². The Morgan fingerprint density at radius 3 is 2.62 bits per heavy atom. The number of hydrogen-bond acceptors (Lipinski definition) is 3. The summed E-state index contributed by atoms with van der Waals surface area (Å²) in [5, 5.41) is 3.37. The van der Waals surface area contributed by atoms with E-state index in [0.29, 0.717) is 11.7 Å². The minimum Gasteiger partial charge on any atom is -0.380 e. The van der Waals surface area contributed by atoms with Crippen LogP contribution >= 0.6 is 0 Å². The van der Waals surface area contributed by atoms with Gasteiger partial charge in [-0.2, -0.15) is 0 Å². The first-order valence-electron chi connectivity index (χ1n) is 7.41. The molecule has 3 nitrogen and oxygen atoms in total. The lowest BCUT2D eigenvalue weighted by atomic mass is 10.0. The predicted molar refractivity (Wildman–Crippen MR) is 84.2 cm³/mol. The maximum atomic E-state index is 13.9. The summed E-state index contributed by atoms with van der Waals surface area (Å²) in [6.07, 6.45) is 3.80. The van der Waals surface area contributed by atoms with Gasteiger partial charge in [0, 0.05) is 25.3 Å². The zero-order valence-electron chi connectivity index (χ0n) is 12.2. The first-order valence-corrected chi connectivity index (χ1v) is 7.41. The quantitative estimate of drug-likeness (QED) is 0.933. The molecule has 0 atom stereocenters. The van der Waals surface area contributed by atoms with Gasteiger partial charge >= 0.3 is 0 Å². The van der Waals surface area contributed by atoms with Gasteiger partial charge in [-0.1, -0.05) is 18.2 Å². The monoisotopic (exact) mass is 285 g/mol. The number of piperidine rings is 1. The summed E-state index contributed by atoms with van der Waals surface area (Å²) in [7, 11) is 0. The molecule has 0 bridgehead atoms. The summed E-state index contributed by atoms with van der Waals surface area (Å²) in [6.45, 7) is 3.83. The summed E-state index contributed by atoms with van der Waals surface area (Å²) in [4.78, 5) is 6.67. The Balaban J connectivity index is 1.62. The zero-order chi connectivity index (χ0) is 14.7. The molecule has 4 heteroatoms. The van der Waals surface area contributed by atoms with Crippen molar-refractivity contribution in [1.29, 1.82) is 0 Å². The lowest BCUT2D eigenvalue weighted by Crippen LogP contribution is -2.39. The second kappa shape index (κ2) is 6.12. The fourth-order valence-corrected chi connectivity index (χ4v) is 2.81. The summed E-state index contributed by atoms with van der Waals surface area (Å²) in [5.74, 6) is 0.861. The molecule has 0 radical (unpaired) electrons. The van der Waals surface area contributed by atoms with Crippen molar-refractivity contribution >= 4 is 11.5 Å². The molecule has 2 aromatic rings. The van der Waals surface area contributed by atoms with Crippen LogP contribution in [0.3, 0.4) is 0 Å². The van der Waals surface area contributed by atoms with E-state index in [0.717, 1.165) is 37.3 Å². The molecule has 1 N–H and O–H groups in total. The first kappa shape index (κ1) is 13.9. The van der Waals surface area contributed by atoms with Gasteiger partial charge in [-0.15, -0.1) is 0 Å². The number of nitrogens with one attached hydrogen (secondary N) is 1. The Kier molecular flexibility index (Phi) is 4.04. The van der Waals surface area contributed by atoms with Crippen LogP contribution in [0, 0.1) is 12.7 Å². The van der Waals surface area contributed by atoms with Crippen molar-refractivity contribution in [1.82, 2.24) is 4.98 Å². The molecule has 1 aromatic heterocycles. The maximum Gasteiger partial charge on any atom is 0.146 e. The highest BCUT2D eigenvalue weighted by molar-refractivity contribution is 5.52. The van der Waals surface area contributed by atoms with E-state index in [2.05, 4.69) is 15.2 Å². The molecule has 0 saturated carbocycles. The normalized spacial score (nSPS) is 16.0. The van der Waals surface area contributed by atoms with Crippen LogP contribution in [-0.4, -0.2) is 24.1 Å². The van der Waals surface area contributed by atoms with Crippen molar-refractivity contribution in [3.63, 3.8) is 0 Å². The number of nitrogens with zero attached hydrogens (tertiary/aromatic N) is 2. The average Bonchev–Trinajstić information content (AvgIpc) is 2.53. The molecule has 110 valence electrons. The van der Waals surface area contributed by atoms with Crippen LogP contribution in [0.2, 0.25) is 0 Å². The standard InChI is InChI=1S/C17H20FN3/c1-13-5-4-6-15(18)17(13)20-14-8-11-21(12-9-14)16-7-2-3-10-19-16/h2-7,10,14,20H,8-9,11-12H2,1H3. The third-order valence-electron chi connectivity index (χ3n) is 4.04. The van der Waals surface area contributed by atoms with Crippen LogP contribution in [0.1, 0.15) is 18.4 Å². The molecule has 1 aliphatic heterocycles. The fourth-order valence-electron chi connectivity index (χ4n) is 2.81. The number of halogens is 1. The van der Waals surface area contributed by atoms with Gasteiger partial charge in [0.15, 0.2) is 0 Å². The molecular formula is C17H20FN3. The molecule has 0 spiro atoms. The predicted octanol–water partition coefficient (Wildman–Crippen LogP) is 3.61. The second-order valence-corrected chi connectivity index (χ2v) is 5.53. The van der Waals surface area contributed by atoms with Gasteiger partial charge < -0.3 is 10.2 Å². The Labute approximate surface area is 124 Å². The Hall–Kier alpha value is -2.10. The van der Waals surface area contributed by atoms with E-state index >= 15 is 0 Å². The largest absolute Gasteiger partial charge is 0.380 e. The molecule has 0 unspecified atom stereocenters. The molecule has 21 heavy (non-hydrogen) atoms. The van der Waals surface area contributed by atoms with E-state index in [4.69, 9.17) is 0 Å².